The van der Waals surface area contributed by atoms with Crippen LogP contribution in [0.2, 0.25) is 0 Å². The van der Waals surface area contributed by atoms with E-state index in [1.54, 1.807) is 7.11 Å². The summed E-state index contributed by atoms with van der Waals surface area (Å²) in [5.74, 6) is -1.62. The molecule has 0 aromatic heterocycles. The average Bonchev–Trinajstić information content (AvgIpc) is 3.03. The van der Waals surface area contributed by atoms with E-state index in [-0.39, 0.29) is 31.4 Å². The van der Waals surface area contributed by atoms with E-state index in [9.17, 15) is 22.8 Å². The zero-order valence-electron chi connectivity index (χ0n) is 26.7. The number of hydrogen-bond donors (Lipinski definition) is 3. The molecule has 0 saturated carbocycles. The molecule has 10 nitrogen and oxygen atoms in total. The number of piperazine rings is 1. The number of rotatable bonds is 17. The number of alkyl halides is 3. The zero-order chi connectivity index (χ0) is 33.4. The maximum absolute atomic E-state index is 12.4. The van der Waals surface area contributed by atoms with Crippen LogP contribution in [-0.4, -0.2) is 100 Å². The van der Waals surface area contributed by atoms with E-state index in [2.05, 4.69) is 51.5 Å². The van der Waals surface area contributed by atoms with Crippen LogP contribution in [-0.2, 0) is 32.0 Å². The van der Waals surface area contributed by atoms with Gasteiger partial charge < -0.3 is 19.5 Å². The molecule has 0 unspecified atom stereocenters. The highest BCUT2D eigenvalue weighted by molar-refractivity contribution is 5.95. The lowest BCUT2D eigenvalue weighted by Gasteiger charge is -2.34. The van der Waals surface area contributed by atoms with Crippen molar-refractivity contribution in [2.45, 2.75) is 51.7 Å². The van der Waals surface area contributed by atoms with Crippen LogP contribution >= 0.6 is 0 Å². The van der Waals surface area contributed by atoms with Gasteiger partial charge in [0.05, 0.1) is 6.61 Å². The van der Waals surface area contributed by atoms with E-state index in [1.807, 2.05) is 23.1 Å². The third kappa shape index (κ3) is 13.0. The molecule has 0 radical (unpaired) electrons. The van der Waals surface area contributed by atoms with Crippen LogP contribution in [0.4, 0.5) is 13.2 Å². The van der Waals surface area contributed by atoms with Crippen molar-refractivity contribution >= 4 is 17.8 Å². The third-order valence-electron chi connectivity index (χ3n) is 7.54. The summed E-state index contributed by atoms with van der Waals surface area (Å²) < 4.78 is 52.5. The number of hydrogen-bond acceptors (Lipinski definition) is 8. The lowest BCUT2D eigenvalue weighted by molar-refractivity contribution is -0.200. The van der Waals surface area contributed by atoms with Gasteiger partial charge in [-0.3, -0.25) is 25.3 Å². The Labute approximate surface area is 269 Å². The van der Waals surface area contributed by atoms with Gasteiger partial charge in [-0.05, 0) is 35.6 Å². The normalized spacial score (nSPS) is 14.1. The minimum Gasteiger partial charge on any atom is -0.493 e. The van der Waals surface area contributed by atoms with Crippen LogP contribution in [0, 0.1) is 5.41 Å². The zero-order valence-corrected chi connectivity index (χ0v) is 26.7. The van der Waals surface area contributed by atoms with Crippen molar-refractivity contribution in [3.8, 4) is 16.9 Å². The van der Waals surface area contributed by atoms with Gasteiger partial charge in [0.15, 0.2) is 5.96 Å². The van der Waals surface area contributed by atoms with E-state index in [4.69, 9.17) is 14.9 Å². The maximum atomic E-state index is 12.4. The average molecular weight is 650 g/mol. The van der Waals surface area contributed by atoms with Crippen molar-refractivity contribution in [2.75, 3.05) is 66.2 Å². The smallest absolute Gasteiger partial charge is 0.490 e. The molecule has 1 fully saturated rings. The second kappa shape index (κ2) is 19.1. The van der Waals surface area contributed by atoms with Crippen LogP contribution in [0.5, 0.6) is 5.75 Å². The number of halogens is 3. The Bertz CT molecular complexity index is 1250. The fraction of sp³-hybridized carbons (Fsp3) is 0.545. The number of esters is 1. The molecule has 13 heteroatoms. The van der Waals surface area contributed by atoms with E-state index in [0.29, 0.717) is 39.3 Å². The SMILES string of the molecule is CCCCNC(=N)NC(=O)CCc1ccc(-c2ccc(CN3CCN(CCOC(=O)C(F)(F)F)CC3)cc2)c(OCCCOC)c1. The van der Waals surface area contributed by atoms with Gasteiger partial charge in [0.1, 0.15) is 12.4 Å². The monoisotopic (exact) mass is 649 g/mol. The van der Waals surface area contributed by atoms with Crippen molar-refractivity contribution < 1.29 is 37.0 Å². The summed E-state index contributed by atoms with van der Waals surface area (Å²) in [6, 6.07) is 14.2. The lowest BCUT2D eigenvalue weighted by Crippen LogP contribution is -2.47. The van der Waals surface area contributed by atoms with E-state index in [0.717, 1.165) is 66.9 Å². The number of methoxy groups -OCH3 is 1. The van der Waals surface area contributed by atoms with Gasteiger partial charge in [-0.15, -0.1) is 0 Å². The topological polar surface area (TPSA) is 116 Å². The molecule has 0 spiro atoms. The summed E-state index contributed by atoms with van der Waals surface area (Å²) in [6.07, 6.45) is -1.54. The Kier molecular flexibility index (Phi) is 15.3. The highest BCUT2D eigenvalue weighted by Gasteiger charge is 2.40. The number of ether oxygens (including phenoxy) is 3. The summed E-state index contributed by atoms with van der Waals surface area (Å²) >= 11 is 0. The minimum atomic E-state index is -4.96. The Morgan fingerprint density at radius 2 is 1.63 bits per heavy atom. The molecule has 3 rings (SSSR count). The Morgan fingerprint density at radius 1 is 0.935 bits per heavy atom. The second-order valence-electron chi connectivity index (χ2n) is 11.2. The summed E-state index contributed by atoms with van der Waals surface area (Å²) in [4.78, 5) is 27.5. The van der Waals surface area contributed by atoms with E-state index < -0.39 is 12.1 Å². The molecule has 0 aliphatic carbocycles. The predicted octanol–water partition coefficient (Wildman–Crippen LogP) is 4.37. The number of nitrogens with zero attached hydrogens (tertiary/aromatic N) is 2. The van der Waals surface area contributed by atoms with Crippen LogP contribution < -0.4 is 15.4 Å². The number of carbonyl (C=O) groups is 2. The number of carbonyl (C=O) groups excluding carboxylic acids is 2. The van der Waals surface area contributed by atoms with Crippen molar-refractivity contribution in [1.82, 2.24) is 20.4 Å². The molecule has 1 aliphatic heterocycles. The second-order valence-corrected chi connectivity index (χ2v) is 11.2. The lowest BCUT2D eigenvalue weighted by atomic mass is 9.99. The van der Waals surface area contributed by atoms with Crippen molar-refractivity contribution in [3.05, 3.63) is 53.6 Å². The standard InChI is InChI=1S/C33H46F3N5O5/c1-3-4-14-38-32(37)39-30(42)13-9-25-8-12-28(29(23-25)45-21-5-20-44-2)27-10-6-26(7-11-27)24-41-17-15-40(16-18-41)19-22-46-31(43)33(34,35)36/h6-8,10-12,23H,3-5,9,13-22,24H2,1-2H3,(H3,37,38,39,42). The Balaban J connectivity index is 1.54. The van der Waals surface area contributed by atoms with Crippen LogP contribution in [0.3, 0.4) is 0 Å². The number of guanidine groups is 1. The van der Waals surface area contributed by atoms with Gasteiger partial charge in [0.25, 0.3) is 0 Å². The Morgan fingerprint density at radius 3 is 2.30 bits per heavy atom. The van der Waals surface area contributed by atoms with Gasteiger partial charge in [-0.25, -0.2) is 4.79 Å². The van der Waals surface area contributed by atoms with Crippen LogP contribution in [0.1, 0.15) is 43.7 Å². The highest BCUT2D eigenvalue weighted by Crippen LogP contribution is 2.32. The number of unbranched alkanes of at least 4 members (excludes halogenated alkanes) is 1. The fourth-order valence-corrected chi connectivity index (χ4v) is 4.93. The fourth-order valence-electron chi connectivity index (χ4n) is 4.93. The molecule has 2 aromatic carbocycles. The van der Waals surface area contributed by atoms with Gasteiger partial charge >= 0.3 is 12.1 Å². The molecule has 0 atom stereocenters. The maximum Gasteiger partial charge on any atom is 0.490 e. The first kappa shape index (κ1) is 36.8. The van der Waals surface area contributed by atoms with E-state index >= 15 is 0 Å². The highest BCUT2D eigenvalue weighted by atomic mass is 19.4. The molecule has 1 heterocycles. The third-order valence-corrected chi connectivity index (χ3v) is 7.54. The first-order valence-electron chi connectivity index (χ1n) is 15.7. The first-order chi connectivity index (χ1) is 22.1. The number of amides is 1. The van der Waals surface area contributed by atoms with Crippen molar-refractivity contribution in [1.29, 1.82) is 5.41 Å². The number of benzene rings is 2. The largest absolute Gasteiger partial charge is 0.493 e. The molecule has 254 valence electrons. The molecule has 1 aliphatic rings. The van der Waals surface area contributed by atoms with Crippen molar-refractivity contribution in [2.24, 2.45) is 0 Å². The molecule has 0 bridgehead atoms. The van der Waals surface area contributed by atoms with Gasteiger partial charge in [0.2, 0.25) is 5.91 Å². The molecule has 1 amide bonds. The predicted molar refractivity (Wildman–Crippen MR) is 170 cm³/mol. The van der Waals surface area contributed by atoms with E-state index in [1.165, 1.54) is 0 Å². The van der Waals surface area contributed by atoms with Gasteiger partial charge in [-0.1, -0.05) is 49.7 Å². The summed E-state index contributed by atoms with van der Waals surface area (Å²) in [7, 11) is 1.65. The molecule has 46 heavy (non-hydrogen) atoms. The number of nitrogens with one attached hydrogen (secondary N) is 3. The molecule has 2 aromatic rings. The van der Waals surface area contributed by atoms with Gasteiger partial charge in [-0.2, -0.15) is 13.2 Å². The molecular weight excluding hydrogens is 603 g/mol. The Hall–Kier alpha value is -3.68. The summed E-state index contributed by atoms with van der Waals surface area (Å²) in [5.41, 5.74) is 4.04. The number of aryl methyl sites for hydroxylation is 1. The summed E-state index contributed by atoms with van der Waals surface area (Å²) in [5, 5.41) is 13.4. The van der Waals surface area contributed by atoms with Gasteiger partial charge in [0, 0.05) is 77.9 Å². The molecular formula is C33H46F3N5O5. The van der Waals surface area contributed by atoms with Crippen molar-refractivity contribution in [3.63, 3.8) is 0 Å². The van der Waals surface area contributed by atoms with Crippen LogP contribution in [0.25, 0.3) is 11.1 Å². The van der Waals surface area contributed by atoms with Crippen LogP contribution in [0.15, 0.2) is 42.5 Å². The summed E-state index contributed by atoms with van der Waals surface area (Å²) in [6.45, 7) is 7.39. The minimum absolute atomic E-state index is 0.0221. The molecule has 3 N–H and O–H groups in total. The molecule has 1 saturated heterocycles. The first-order valence-corrected chi connectivity index (χ1v) is 15.7. The quantitative estimate of drug-likeness (QED) is 0.100.